The van der Waals surface area contributed by atoms with Gasteiger partial charge in [0.05, 0.1) is 11.6 Å². The highest BCUT2D eigenvalue weighted by Crippen LogP contribution is 2.34. The van der Waals surface area contributed by atoms with Gasteiger partial charge < -0.3 is 5.32 Å². The number of carbonyl (C=O) groups is 1. The van der Waals surface area contributed by atoms with E-state index in [1.54, 1.807) is 23.9 Å². The van der Waals surface area contributed by atoms with Crippen LogP contribution in [0.15, 0.2) is 56.7 Å². The fraction of sp³-hybridized carbons (Fsp3) is 0.0667. The van der Waals surface area contributed by atoms with Crippen LogP contribution in [-0.4, -0.2) is 5.91 Å². The lowest BCUT2D eigenvalue weighted by Crippen LogP contribution is -2.05. The van der Waals surface area contributed by atoms with Gasteiger partial charge in [-0.1, -0.05) is 11.8 Å². The smallest absolute Gasteiger partial charge is 0.221 e. The molecule has 2 rings (SSSR count). The van der Waals surface area contributed by atoms with Gasteiger partial charge in [0.1, 0.15) is 0 Å². The molecule has 1 amide bonds. The minimum Gasteiger partial charge on any atom is -0.326 e. The molecule has 0 aliphatic heterocycles. The van der Waals surface area contributed by atoms with Gasteiger partial charge in [-0.25, -0.2) is 0 Å². The second-order valence-electron chi connectivity index (χ2n) is 4.06. The Hall–Kier alpha value is -1.77. The number of amides is 1. The van der Waals surface area contributed by atoms with E-state index in [0.29, 0.717) is 5.56 Å². The Kier molecular flexibility index (Phi) is 4.83. The van der Waals surface area contributed by atoms with Gasteiger partial charge in [0, 0.05) is 26.9 Å². The third-order valence-electron chi connectivity index (χ3n) is 2.46. The molecule has 0 unspecified atom stereocenters. The van der Waals surface area contributed by atoms with Crippen molar-refractivity contribution in [2.75, 3.05) is 5.32 Å². The molecule has 0 saturated carbocycles. The van der Waals surface area contributed by atoms with E-state index < -0.39 is 0 Å². The number of carbonyl (C=O) groups excluding carboxylic acids is 1. The van der Waals surface area contributed by atoms with Crippen LogP contribution in [0.5, 0.6) is 0 Å². The second-order valence-corrected chi connectivity index (χ2v) is 6.03. The Morgan fingerprint density at radius 3 is 2.50 bits per heavy atom. The third-order valence-corrected chi connectivity index (χ3v) is 4.47. The van der Waals surface area contributed by atoms with Crippen LogP contribution in [0.25, 0.3) is 0 Å². The lowest BCUT2D eigenvalue weighted by molar-refractivity contribution is -0.114. The zero-order valence-corrected chi connectivity index (χ0v) is 13.1. The number of anilines is 1. The normalized spacial score (nSPS) is 9.85. The number of nitrogens with zero attached hydrogens (tertiary/aromatic N) is 1. The van der Waals surface area contributed by atoms with Crippen LogP contribution in [0.1, 0.15) is 12.5 Å². The van der Waals surface area contributed by atoms with Gasteiger partial charge >= 0.3 is 0 Å². The average molecular weight is 347 g/mol. The summed E-state index contributed by atoms with van der Waals surface area (Å²) in [7, 11) is 0. The highest BCUT2D eigenvalue weighted by Gasteiger charge is 2.04. The maximum Gasteiger partial charge on any atom is 0.221 e. The Balaban J connectivity index is 2.14. The van der Waals surface area contributed by atoms with Crippen molar-refractivity contribution in [3.63, 3.8) is 0 Å². The molecule has 0 radical (unpaired) electrons. The standard InChI is InChI=1S/C15H11BrN2OS/c1-10(19)18-12-3-5-13(6-4-12)20-15-7-2-11(9-17)8-14(15)16/h2-8H,1H3,(H,18,19). The van der Waals surface area contributed by atoms with Crippen molar-refractivity contribution in [3.05, 3.63) is 52.5 Å². The number of hydrogen-bond donors (Lipinski definition) is 1. The maximum atomic E-state index is 10.9. The van der Waals surface area contributed by atoms with Gasteiger partial charge in [0.25, 0.3) is 0 Å². The van der Waals surface area contributed by atoms with Gasteiger partial charge in [0.15, 0.2) is 0 Å². The molecule has 0 spiro atoms. The van der Waals surface area contributed by atoms with Gasteiger partial charge in [-0.15, -0.1) is 0 Å². The molecule has 0 aliphatic carbocycles. The summed E-state index contributed by atoms with van der Waals surface area (Å²) in [4.78, 5) is 13.0. The van der Waals surface area contributed by atoms with Crippen molar-refractivity contribution < 1.29 is 4.79 Å². The molecule has 1 N–H and O–H groups in total. The molecule has 0 saturated heterocycles. The largest absolute Gasteiger partial charge is 0.326 e. The monoisotopic (exact) mass is 346 g/mol. The van der Waals surface area contributed by atoms with Crippen molar-refractivity contribution >= 4 is 39.3 Å². The number of nitriles is 1. The minimum absolute atomic E-state index is 0.0831. The first-order chi connectivity index (χ1) is 9.58. The van der Waals surface area contributed by atoms with Gasteiger partial charge in [-0.3, -0.25) is 4.79 Å². The van der Waals surface area contributed by atoms with Gasteiger partial charge in [-0.2, -0.15) is 5.26 Å². The van der Waals surface area contributed by atoms with Crippen LogP contribution in [0.3, 0.4) is 0 Å². The second kappa shape index (κ2) is 6.60. The molecule has 2 aromatic rings. The summed E-state index contributed by atoms with van der Waals surface area (Å²) in [6.07, 6.45) is 0. The van der Waals surface area contributed by atoms with Crippen LogP contribution in [-0.2, 0) is 4.79 Å². The SMILES string of the molecule is CC(=O)Nc1ccc(Sc2ccc(C#N)cc2Br)cc1. The average Bonchev–Trinajstić information content (AvgIpc) is 2.42. The Bertz CT molecular complexity index is 677. The zero-order chi connectivity index (χ0) is 14.5. The Labute approximate surface area is 130 Å². The van der Waals surface area contributed by atoms with Crippen molar-refractivity contribution in [2.24, 2.45) is 0 Å². The number of benzene rings is 2. The van der Waals surface area contributed by atoms with E-state index in [2.05, 4.69) is 27.3 Å². The van der Waals surface area contributed by atoms with Crippen LogP contribution in [0.2, 0.25) is 0 Å². The predicted molar refractivity (Wildman–Crippen MR) is 83.7 cm³/mol. The van der Waals surface area contributed by atoms with Gasteiger partial charge in [0.2, 0.25) is 5.91 Å². The molecule has 0 fully saturated rings. The quantitative estimate of drug-likeness (QED) is 0.894. The zero-order valence-electron chi connectivity index (χ0n) is 10.7. The first kappa shape index (κ1) is 14.6. The Morgan fingerprint density at radius 2 is 1.95 bits per heavy atom. The number of hydrogen-bond acceptors (Lipinski definition) is 3. The molecule has 0 atom stereocenters. The fourth-order valence-electron chi connectivity index (χ4n) is 1.59. The molecule has 20 heavy (non-hydrogen) atoms. The third kappa shape index (κ3) is 3.86. The fourth-order valence-corrected chi connectivity index (χ4v) is 3.03. The predicted octanol–water partition coefficient (Wildman–Crippen LogP) is 4.43. The minimum atomic E-state index is -0.0831. The van der Waals surface area contributed by atoms with E-state index in [9.17, 15) is 4.79 Å². The van der Waals surface area contributed by atoms with Crippen LogP contribution in [0.4, 0.5) is 5.69 Å². The van der Waals surface area contributed by atoms with E-state index in [1.165, 1.54) is 6.92 Å². The maximum absolute atomic E-state index is 10.9. The van der Waals surface area contributed by atoms with E-state index in [1.807, 2.05) is 30.3 Å². The van der Waals surface area contributed by atoms with Crippen LogP contribution < -0.4 is 5.32 Å². The van der Waals surface area contributed by atoms with Crippen LogP contribution in [0, 0.1) is 11.3 Å². The van der Waals surface area contributed by atoms with E-state index in [-0.39, 0.29) is 5.91 Å². The number of rotatable bonds is 3. The van der Waals surface area contributed by atoms with Crippen molar-refractivity contribution in [2.45, 2.75) is 16.7 Å². The first-order valence-electron chi connectivity index (χ1n) is 5.83. The summed E-state index contributed by atoms with van der Waals surface area (Å²) >= 11 is 5.06. The lowest BCUT2D eigenvalue weighted by Gasteiger charge is -2.06. The molecule has 100 valence electrons. The molecular weight excluding hydrogens is 336 g/mol. The van der Waals surface area contributed by atoms with Gasteiger partial charge in [-0.05, 0) is 58.4 Å². The topological polar surface area (TPSA) is 52.9 Å². The summed E-state index contributed by atoms with van der Waals surface area (Å²) in [5.41, 5.74) is 1.41. The number of nitrogens with one attached hydrogen (secondary N) is 1. The molecule has 0 bridgehead atoms. The highest BCUT2D eigenvalue weighted by atomic mass is 79.9. The molecule has 5 heteroatoms. The molecule has 2 aromatic carbocycles. The van der Waals surface area contributed by atoms with Crippen LogP contribution >= 0.6 is 27.7 Å². The van der Waals surface area contributed by atoms with E-state index in [4.69, 9.17) is 5.26 Å². The summed E-state index contributed by atoms with van der Waals surface area (Å²) in [6, 6.07) is 15.2. The van der Waals surface area contributed by atoms with E-state index in [0.717, 1.165) is 20.0 Å². The van der Waals surface area contributed by atoms with Crippen molar-refractivity contribution in [1.82, 2.24) is 0 Å². The lowest BCUT2D eigenvalue weighted by atomic mass is 10.2. The molecule has 0 heterocycles. The summed E-state index contributed by atoms with van der Waals surface area (Å²) in [6.45, 7) is 1.48. The molecule has 0 aromatic heterocycles. The van der Waals surface area contributed by atoms with Crippen molar-refractivity contribution in [1.29, 1.82) is 5.26 Å². The number of halogens is 1. The molecule has 0 aliphatic rings. The summed E-state index contributed by atoms with van der Waals surface area (Å²) in [5, 5.41) is 11.6. The van der Waals surface area contributed by atoms with E-state index >= 15 is 0 Å². The summed E-state index contributed by atoms with van der Waals surface area (Å²) < 4.78 is 0.896. The Morgan fingerprint density at radius 1 is 1.25 bits per heavy atom. The molecular formula is C15H11BrN2OS. The first-order valence-corrected chi connectivity index (χ1v) is 7.44. The van der Waals surface area contributed by atoms with Crippen molar-refractivity contribution in [3.8, 4) is 6.07 Å². The highest BCUT2D eigenvalue weighted by molar-refractivity contribution is 9.10. The summed E-state index contributed by atoms with van der Waals surface area (Å²) in [5.74, 6) is -0.0831. The molecule has 3 nitrogen and oxygen atoms in total.